The second-order valence-electron chi connectivity index (χ2n) is 8.13. The number of hydrogen-bond acceptors (Lipinski definition) is 7. The topological polar surface area (TPSA) is 124 Å². The summed E-state index contributed by atoms with van der Waals surface area (Å²) in [5, 5.41) is 38.8. The van der Waals surface area contributed by atoms with Gasteiger partial charge in [-0.15, -0.1) is 0 Å². The first-order chi connectivity index (χ1) is 16.5. The van der Waals surface area contributed by atoms with E-state index in [4.69, 9.17) is 0 Å². The molecule has 2 aromatic carbocycles. The number of phenolic OH excluding ortho intramolecular Hbond substituents is 1. The summed E-state index contributed by atoms with van der Waals surface area (Å²) in [6.45, 7) is 2.47. The van der Waals surface area contributed by atoms with Crippen LogP contribution in [0.5, 0.6) is 5.75 Å². The molecule has 0 aliphatic carbocycles. The Labute approximate surface area is 201 Å². The van der Waals surface area contributed by atoms with E-state index < -0.39 is 6.10 Å². The monoisotopic (exact) mass is 480 g/mol. The molecule has 0 saturated heterocycles. The van der Waals surface area contributed by atoms with Crippen LogP contribution in [0.15, 0.2) is 65.6 Å². The Balaban J connectivity index is 1.22. The highest BCUT2D eigenvalue weighted by Gasteiger charge is 2.16. The Hall–Kier alpha value is -3.24. The summed E-state index contributed by atoms with van der Waals surface area (Å²) in [4.78, 5) is 14.0. The number of benzene rings is 2. The van der Waals surface area contributed by atoms with E-state index in [9.17, 15) is 20.2 Å². The number of hydrogen-bond donors (Lipinski definition) is 5. The Bertz CT molecular complexity index is 1300. The summed E-state index contributed by atoms with van der Waals surface area (Å²) < 4.78 is 1.48. The van der Waals surface area contributed by atoms with Gasteiger partial charge in [-0.1, -0.05) is 47.7 Å². The standard InChI is InChI=1S/C25H28N4O4S/c30-21-8-7-20(24-23(21)28-25(32)34-24)22(31)16-27-11-9-17-4-3-5-18(14-17)15-26-12-10-19-6-1-2-13-29(19)33/h1-8,13-14,22,26-27,30-31H,9-12,15-16H2,(H,28,32)/t22-/m0/s1. The van der Waals surface area contributed by atoms with Crippen molar-refractivity contribution in [2.45, 2.75) is 25.5 Å². The lowest BCUT2D eigenvalue weighted by Gasteiger charge is -2.14. The summed E-state index contributed by atoms with van der Waals surface area (Å²) in [5.41, 5.74) is 4.10. The molecule has 4 aromatic rings. The maximum Gasteiger partial charge on any atom is 0.305 e. The van der Waals surface area contributed by atoms with Gasteiger partial charge in [-0.2, -0.15) is 4.73 Å². The summed E-state index contributed by atoms with van der Waals surface area (Å²) >= 11 is 0.985. The van der Waals surface area contributed by atoms with Gasteiger partial charge in [-0.25, -0.2) is 0 Å². The number of aromatic nitrogens is 2. The number of aromatic amines is 1. The van der Waals surface area contributed by atoms with Crippen molar-refractivity contribution in [3.05, 3.63) is 98.1 Å². The third kappa shape index (κ3) is 6.00. The van der Waals surface area contributed by atoms with E-state index in [2.05, 4.69) is 33.8 Å². The third-order valence-electron chi connectivity index (χ3n) is 5.66. The number of H-pyrrole nitrogens is 1. The molecule has 0 saturated carbocycles. The highest BCUT2D eigenvalue weighted by atomic mass is 32.1. The molecular weight excluding hydrogens is 452 g/mol. The number of thiazole rings is 1. The van der Waals surface area contributed by atoms with Crippen molar-refractivity contribution in [3.8, 4) is 5.75 Å². The van der Waals surface area contributed by atoms with Crippen LogP contribution < -0.4 is 20.2 Å². The average Bonchev–Trinajstić information content (AvgIpc) is 3.23. The molecule has 178 valence electrons. The Morgan fingerprint density at radius 1 is 1.03 bits per heavy atom. The molecule has 0 aliphatic heterocycles. The highest BCUT2D eigenvalue weighted by Crippen LogP contribution is 2.31. The van der Waals surface area contributed by atoms with Gasteiger partial charge >= 0.3 is 4.87 Å². The molecular formula is C25H28N4O4S. The van der Waals surface area contributed by atoms with Crippen LogP contribution in [-0.2, 0) is 19.4 Å². The molecule has 2 heterocycles. The van der Waals surface area contributed by atoms with Crippen LogP contribution in [0.1, 0.15) is 28.5 Å². The first-order valence-corrected chi connectivity index (χ1v) is 12.0. The van der Waals surface area contributed by atoms with Crippen molar-refractivity contribution in [2.24, 2.45) is 0 Å². The molecule has 2 aromatic heterocycles. The number of nitrogens with zero attached hydrogens (tertiary/aromatic N) is 1. The maximum absolute atomic E-state index is 11.7. The van der Waals surface area contributed by atoms with Crippen LogP contribution in [0.25, 0.3) is 10.2 Å². The predicted molar refractivity (Wildman–Crippen MR) is 133 cm³/mol. The molecule has 0 unspecified atom stereocenters. The molecule has 9 heteroatoms. The molecule has 0 amide bonds. The first-order valence-electron chi connectivity index (χ1n) is 11.2. The molecule has 0 bridgehead atoms. The number of fused-ring (bicyclic) bond motifs is 1. The maximum atomic E-state index is 11.7. The van der Waals surface area contributed by atoms with E-state index in [0.29, 0.717) is 35.3 Å². The number of phenols is 1. The van der Waals surface area contributed by atoms with Gasteiger partial charge in [0, 0.05) is 43.8 Å². The molecule has 0 aliphatic rings. The first kappa shape index (κ1) is 23.9. The normalized spacial score (nSPS) is 12.3. The van der Waals surface area contributed by atoms with E-state index in [-0.39, 0.29) is 10.6 Å². The van der Waals surface area contributed by atoms with E-state index in [1.165, 1.54) is 23.4 Å². The SMILES string of the molecule is O=c1[nH]c2c(O)ccc([C@@H](O)CNCCc3cccc(CNCCc4cccc[n+]4[O-])c3)c2s1. The van der Waals surface area contributed by atoms with Crippen LogP contribution in [0, 0.1) is 5.21 Å². The van der Waals surface area contributed by atoms with Gasteiger partial charge in [-0.3, -0.25) is 4.79 Å². The predicted octanol–water partition coefficient (Wildman–Crippen LogP) is 2.13. The van der Waals surface area contributed by atoms with Gasteiger partial charge in [0.05, 0.1) is 10.8 Å². The van der Waals surface area contributed by atoms with E-state index in [0.717, 1.165) is 41.3 Å². The minimum Gasteiger partial charge on any atom is -0.619 e. The molecule has 5 N–H and O–H groups in total. The number of pyridine rings is 1. The van der Waals surface area contributed by atoms with Crippen LogP contribution >= 0.6 is 11.3 Å². The average molecular weight is 481 g/mol. The van der Waals surface area contributed by atoms with Crippen LogP contribution in [-0.4, -0.2) is 34.8 Å². The summed E-state index contributed by atoms with van der Waals surface area (Å²) in [6, 6.07) is 16.9. The van der Waals surface area contributed by atoms with Crippen molar-refractivity contribution < 1.29 is 14.9 Å². The smallest absolute Gasteiger partial charge is 0.305 e. The Morgan fingerprint density at radius 3 is 2.71 bits per heavy atom. The molecule has 0 fully saturated rings. The Kier molecular flexibility index (Phi) is 7.91. The molecule has 1 atom stereocenters. The van der Waals surface area contributed by atoms with Gasteiger partial charge in [0.15, 0.2) is 11.9 Å². The number of nitrogens with one attached hydrogen (secondary N) is 3. The Morgan fingerprint density at radius 2 is 1.85 bits per heavy atom. The fourth-order valence-electron chi connectivity index (χ4n) is 3.88. The largest absolute Gasteiger partial charge is 0.619 e. The van der Waals surface area contributed by atoms with Crippen molar-refractivity contribution in [3.63, 3.8) is 0 Å². The zero-order valence-electron chi connectivity index (χ0n) is 18.7. The zero-order chi connectivity index (χ0) is 23.9. The number of aliphatic hydroxyl groups excluding tert-OH is 1. The minimum atomic E-state index is -0.789. The highest BCUT2D eigenvalue weighted by molar-refractivity contribution is 7.16. The fourth-order valence-corrected chi connectivity index (χ4v) is 4.80. The van der Waals surface area contributed by atoms with Crippen molar-refractivity contribution >= 4 is 21.6 Å². The molecule has 8 nitrogen and oxygen atoms in total. The molecule has 34 heavy (non-hydrogen) atoms. The summed E-state index contributed by atoms with van der Waals surface area (Å²) in [7, 11) is 0. The van der Waals surface area contributed by atoms with Crippen molar-refractivity contribution in [2.75, 3.05) is 19.6 Å². The lowest BCUT2D eigenvalue weighted by Crippen LogP contribution is -2.32. The van der Waals surface area contributed by atoms with Gasteiger partial charge in [0.25, 0.3) is 0 Å². The van der Waals surface area contributed by atoms with Crippen LogP contribution in [0.3, 0.4) is 0 Å². The lowest BCUT2D eigenvalue weighted by atomic mass is 10.1. The van der Waals surface area contributed by atoms with E-state index in [1.54, 1.807) is 12.1 Å². The fraction of sp³-hybridized carbons (Fsp3) is 0.280. The molecule has 0 radical (unpaired) electrons. The second kappa shape index (κ2) is 11.3. The van der Waals surface area contributed by atoms with Crippen molar-refractivity contribution in [1.29, 1.82) is 0 Å². The second-order valence-corrected chi connectivity index (χ2v) is 9.11. The third-order valence-corrected chi connectivity index (χ3v) is 6.59. The molecule has 4 rings (SSSR count). The van der Waals surface area contributed by atoms with Gasteiger partial charge in [0.1, 0.15) is 11.3 Å². The quantitative estimate of drug-likeness (QED) is 0.127. The van der Waals surface area contributed by atoms with Crippen LogP contribution in [0.2, 0.25) is 0 Å². The number of rotatable bonds is 11. The van der Waals surface area contributed by atoms with Gasteiger partial charge < -0.3 is 31.0 Å². The number of aliphatic hydroxyl groups is 1. The van der Waals surface area contributed by atoms with E-state index in [1.807, 2.05) is 18.2 Å². The van der Waals surface area contributed by atoms with Crippen LogP contribution in [0.4, 0.5) is 0 Å². The zero-order valence-corrected chi connectivity index (χ0v) is 19.5. The number of aromatic hydroxyl groups is 1. The lowest BCUT2D eigenvalue weighted by molar-refractivity contribution is -0.613. The molecule has 0 spiro atoms. The summed E-state index contributed by atoms with van der Waals surface area (Å²) in [6.07, 6.45) is 2.20. The van der Waals surface area contributed by atoms with Gasteiger partial charge in [-0.05, 0) is 30.2 Å². The van der Waals surface area contributed by atoms with Gasteiger partial charge in [0.2, 0.25) is 0 Å². The van der Waals surface area contributed by atoms with E-state index >= 15 is 0 Å². The summed E-state index contributed by atoms with van der Waals surface area (Å²) in [5.74, 6) is 0.000686. The minimum absolute atomic E-state index is 0.000686. The van der Waals surface area contributed by atoms with Crippen molar-refractivity contribution in [1.82, 2.24) is 15.6 Å².